The van der Waals surface area contributed by atoms with Crippen LogP contribution >= 0.6 is 11.3 Å². The van der Waals surface area contributed by atoms with E-state index in [2.05, 4.69) is 20.3 Å². The minimum Gasteiger partial charge on any atom is -0.446 e. The molecule has 0 fully saturated rings. The summed E-state index contributed by atoms with van der Waals surface area (Å²) in [5.41, 5.74) is 6.66. The van der Waals surface area contributed by atoms with Crippen molar-refractivity contribution in [2.24, 2.45) is 5.73 Å². The Labute approximate surface area is 135 Å². The first-order valence-corrected chi connectivity index (χ1v) is 8.27. The number of anilines is 1. The molecule has 3 aromatic heterocycles. The maximum atomic E-state index is 11.0. The quantitative estimate of drug-likeness (QED) is 0.760. The number of fused-ring (bicyclic) bond motifs is 3. The van der Waals surface area contributed by atoms with Gasteiger partial charge in [-0.05, 0) is 31.2 Å². The summed E-state index contributed by atoms with van der Waals surface area (Å²) in [6, 6.07) is 0. The lowest BCUT2D eigenvalue weighted by molar-refractivity contribution is 0.0995. The number of primary amides is 1. The number of hydrogen-bond acceptors (Lipinski definition) is 7. The Morgan fingerprint density at radius 1 is 1.35 bits per heavy atom. The number of nitrogens with one attached hydrogen (secondary N) is 1. The van der Waals surface area contributed by atoms with E-state index in [0.29, 0.717) is 12.4 Å². The number of rotatable bonds is 4. The molecule has 0 unspecified atom stereocenters. The van der Waals surface area contributed by atoms with Crippen LogP contribution in [0.3, 0.4) is 0 Å². The molecule has 0 aromatic carbocycles. The summed E-state index contributed by atoms with van der Waals surface area (Å²) in [6.07, 6.45) is 7.47. The van der Waals surface area contributed by atoms with Gasteiger partial charge in [-0.15, -0.1) is 11.3 Å². The lowest BCUT2D eigenvalue weighted by atomic mass is 9.97. The first-order chi connectivity index (χ1) is 11.2. The average molecular weight is 329 g/mol. The van der Waals surface area contributed by atoms with Gasteiger partial charge < -0.3 is 15.5 Å². The smallest absolute Gasteiger partial charge is 0.270 e. The van der Waals surface area contributed by atoms with Crippen LogP contribution in [0.1, 0.15) is 39.7 Å². The van der Waals surface area contributed by atoms with Crippen LogP contribution in [-0.2, 0) is 19.4 Å². The van der Waals surface area contributed by atoms with E-state index < -0.39 is 5.91 Å². The molecule has 1 amide bonds. The van der Waals surface area contributed by atoms with Crippen LogP contribution in [0.2, 0.25) is 0 Å². The van der Waals surface area contributed by atoms with Crippen molar-refractivity contribution in [1.82, 2.24) is 15.0 Å². The van der Waals surface area contributed by atoms with Crippen molar-refractivity contribution in [2.75, 3.05) is 5.32 Å². The van der Waals surface area contributed by atoms with Crippen LogP contribution in [0.5, 0.6) is 0 Å². The molecule has 23 heavy (non-hydrogen) atoms. The largest absolute Gasteiger partial charge is 0.446 e. The number of aromatic nitrogens is 3. The molecule has 4 rings (SSSR count). The fraction of sp³-hybridized carbons (Fsp3) is 0.333. The van der Waals surface area contributed by atoms with Crippen LogP contribution in [0.15, 0.2) is 17.0 Å². The molecule has 0 bridgehead atoms. The molecule has 0 saturated heterocycles. The predicted molar refractivity (Wildman–Crippen MR) is 86.4 cm³/mol. The summed E-state index contributed by atoms with van der Waals surface area (Å²) in [5, 5.41) is 4.35. The Bertz CT molecular complexity index is 885. The number of oxazole rings is 1. The van der Waals surface area contributed by atoms with E-state index in [4.69, 9.17) is 10.2 Å². The summed E-state index contributed by atoms with van der Waals surface area (Å²) < 4.78 is 5.24. The molecule has 3 aromatic rings. The van der Waals surface area contributed by atoms with Crippen molar-refractivity contribution in [3.8, 4) is 0 Å². The first kappa shape index (κ1) is 14.1. The van der Waals surface area contributed by atoms with Crippen LogP contribution < -0.4 is 11.1 Å². The van der Waals surface area contributed by atoms with Crippen molar-refractivity contribution in [3.63, 3.8) is 0 Å². The number of nitrogens with two attached hydrogens (primary N) is 1. The van der Waals surface area contributed by atoms with Crippen LogP contribution in [0.4, 0.5) is 5.82 Å². The van der Waals surface area contributed by atoms with E-state index >= 15 is 0 Å². The molecule has 0 atom stereocenters. The number of nitrogens with zero attached hydrogens (tertiary/aromatic N) is 3. The van der Waals surface area contributed by atoms with Crippen molar-refractivity contribution >= 4 is 33.3 Å². The minimum atomic E-state index is -0.601. The monoisotopic (exact) mass is 329 g/mol. The van der Waals surface area contributed by atoms with Gasteiger partial charge in [0.2, 0.25) is 5.89 Å². The van der Waals surface area contributed by atoms with Gasteiger partial charge in [0, 0.05) is 4.88 Å². The highest BCUT2D eigenvalue weighted by atomic mass is 32.1. The number of amides is 1. The van der Waals surface area contributed by atoms with Crippen LogP contribution in [-0.4, -0.2) is 20.9 Å². The van der Waals surface area contributed by atoms with Gasteiger partial charge >= 0.3 is 0 Å². The molecule has 7 nitrogen and oxygen atoms in total. The minimum absolute atomic E-state index is 0.127. The number of hydrogen-bond donors (Lipinski definition) is 2. The van der Waals surface area contributed by atoms with E-state index in [1.54, 1.807) is 17.7 Å². The number of thiophene rings is 1. The highest BCUT2D eigenvalue weighted by molar-refractivity contribution is 7.19. The summed E-state index contributed by atoms with van der Waals surface area (Å²) in [4.78, 5) is 26.3. The van der Waals surface area contributed by atoms with Gasteiger partial charge in [0.05, 0.1) is 11.9 Å². The Kier molecular flexibility index (Phi) is 3.45. The van der Waals surface area contributed by atoms with Gasteiger partial charge in [-0.2, -0.15) is 0 Å². The van der Waals surface area contributed by atoms with Gasteiger partial charge in [-0.1, -0.05) is 0 Å². The van der Waals surface area contributed by atoms with Gasteiger partial charge in [0.1, 0.15) is 23.2 Å². The molecule has 118 valence electrons. The van der Waals surface area contributed by atoms with Gasteiger partial charge in [-0.3, -0.25) is 4.79 Å². The molecule has 1 aliphatic rings. The zero-order chi connectivity index (χ0) is 15.8. The topological polar surface area (TPSA) is 107 Å². The lowest BCUT2D eigenvalue weighted by Crippen LogP contribution is -2.11. The summed E-state index contributed by atoms with van der Waals surface area (Å²) in [5.74, 6) is 0.583. The van der Waals surface area contributed by atoms with Crippen LogP contribution in [0, 0.1) is 0 Å². The van der Waals surface area contributed by atoms with E-state index in [0.717, 1.165) is 28.9 Å². The molecule has 8 heteroatoms. The maximum absolute atomic E-state index is 11.0. The molecular weight excluding hydrogens is 314 g/mol. The molecule has 3 N–H and O–H groups in total. The number of aryl methyl sites for hydroxylation is 2. The van der Waals surface area contributed by atoms with E-state index in [9.17, 15) is 4.79 Å². The Balaban J connectivity index is 1.63. The molecule has 3 heterocycles. The second kappa shape index (κ2) is 5.62. The molecule has 0 saturated carbocycles. The van der Waals surface area contributed by atoms with Crippen molar-refractivity contribution in [2.45, 2.75) is 32.2 Å². The Morgan fingerprint density at radius 3 is 3.04 bits per heavy atom. The second-order valence-corrected chi connectivity index (χ2v) is 6.54. The Hall–Kier alpha value is -2.48. The molecule has 1 aliphatic carbocycles. The molecule has 0 radical (unpaired) electrons. The first-order valence-electron chi connectivity index (χ1n) is 7.45. The third-order valence-corrected chi connectivity index (χ3v) is 5.16. The van der Waals surface area contributed by atoms with Crippen molar-refractivity contribution in [3.05, 3.63) is 34.6 Å². The van der Waals surface area contributed by atoms with Crippen molar-refractivity contribution in [1.29, 1.82) is 0 Å². The standard InChI is InChI=1S/C15H15N5O2S/c16-13(21)9-6-22-11(20-9)5-17-14-12-8-3-1-2-4-10(8)23-15(12)19-7-18-14/h6-7H,1-5H2,(H2,16,21)(H,17,18,19). The zero-order valence-electron chi connectivity index (χ0n) is 12.3. The Morgan fingerprint density at radius 2 is 2.22 bits per heavy atom. The summed E-state index contributed by atoms with van der Waals surface area (Å²) in [7, 11) is 0. The molecular formula is C15H15N5O2S. The normalized spacial score (nSPS) is 13.9. The highest BCUT2D eigenvalue weighted by Crippen LogP contribution is 2.38. The third kappa shape index (κ3) is 2.55. The highest BCUT2D eigenvalue weighted by Gasteiger charge is 2.20. The fourth-order valence-corrected chi connectivity index (χ4v) is 4.12. The van der Waals surface area contributed by atoms with Gasteiger partial charge in [0.25, 0.3) is 5.91 Å². The summed E-state index contributed by atoms with van der Waals surface area (Å²) in [6.45, 7) is 0.337. The third-order valence-electron chi connectivity index (χ3n) is 3.96. The van der Waals surface area contributed by atoms with Crippen molar-refractivity contribution < 1.29 is 9.21 Å². The predicted octanol–water partition coefficient (Wildman–Crippen LogP) is 2.27. The molecule has 0 spiro atoms. The van der Waals surface area contributed by atoms with Crippen LogP contribution in [0.25, 0.3) is 10.2 Å². The van der Waals surface area contributed by atoms with E-state index in [-0.39, 0.29) is 5.69 Å². The summed E-state index contributed by atoms with van der Waals surface area (Å²) >= 11 is 1.75. The van der Waals surface area contributed by atoms with E-state index in [1.165, 1.54) is 29.5 Å². The van der Waals surface area contributed by atoms with Gasteiger partial charge in [-0.25, -0.2) is 15.0 Å². The van der Waals surface area contributed by atoms with E-state index in [1.807, 2.05) is 0 Å². The second-order valence-electron chi connectivity index (χ2n) is 5.46. The maximum Gasteiger partial charge on any atom is 0.270 e. The number of carbonyl (C=O) groups is 1. The average Bonchev–Trinajstić information content (AvgIpc) is 3.17. The number of carbonyl (C=O) groups excluding carboxylic acids is 1. The zero-order valence-corrected chi connectivity index (χ0v) is 13.2. The SMILES string of the molecule is NC(=O)c1coc(CNc2ncnc3sc4c(c23)CCCC4)n1. The van der Waals surface area contributed by atoms with Gasteiger partial charge in [0.15, 0.2) is 5.69 Å². The molecule has 0 aliphatic heterocycles. The lowest BCUT2D eigenvalue weighted by Gasteiger charge is -2.11. The fourth-order valence-electron chi connectivity index (χ4n) is 2.89.